The van der Waals surface area contributed by atoms with Gasteiger partial charge in [-0.3, -0.25) is 14.9 Å². The first-order valence-corrected chi connectivity index (χ1v) is 6.82. The molecule has 0 spiro atoms. The van der Waals surface area contributed by atoms with Crippen LogP contribution in [0.15, 0.2) is 18.2 Å². The number of nitrogens with one attached hydrogen (secondary N) is 2. The lowest BCUT2D eigenvalue weighted by Crippen LogP contribution is -2.28. The predicted octanol–water partition coefficient (Wildman–Crippen LogP) is 2.68. The van der Waals surface area contributed by atoms with Crippen LogP contribution in [0.25, 0.3) is 0 Å². The molecule has 0 aliphatic heterocycles. The zero-order valence-corrected chi connectivity index (χ0v) is 13.3. The molecular formula is C13H19Cl2N3O3. The molecule has 0 unspecified atom stereocenters. The van der Waals surface area contributed by atoms with Gasteiger partial charge in [-0.1, -0.05) is 18.5 Å². The Kier molecular flexibility index (Phi) is 9.69. The topological polar surface area (TPSA) is 84.3 Å². The second-order valence-electron chi connectivity index (χ2n) is 4.31. The molecule has 1 amide bonds. The molecule has 118 valence electrons. The van der Waals surface area contributed by atoms with Gasteiger partial charge in [0, 0.05) is 43.2 Å². The average Bonchev–Trinajstić information content (AvgIpc) is 2.42. The average molecular weight is 336 g/mol. The lowest BCUT2D eigenvalue weighted by molar-refractivity contribution is -0.384. The van der Waals surface area contributed by atoms with Gasteiger partial charge in [0.15, 0.2) is 0 Å². The minimum Gasteiger partial charge on any atom is -0.356 e. The number of carbonyl (C=O) groups excluding carboxylic acids is 1. The normalized spacial score (nSPS) is 9.81. The summed E-state index contributed by atoms with van der Waals surface area (Å²) in [6, 6.07) is 4.31. The number of amides is 1. The Balaban J connectivity index is 0.00000400. The van der Waals surface area contributed by atoms with E-state index in [4.69, 9.17) is 11.6 Å². The summed E-state index contributed by atoms with van der Waals surface area (Å²) in [6.45, 7) is 3.55. The molecule has 0 atom stereocenters. The van der Waals surface area contributed by atoms with E-state index in [0.29, 0.717) is 36.6 Å². The molecule has 0 bridgehead atoms. The van der Waals surface area contributed by atoms with Crippen molar-refractivity contribution in [1.82, 2.24) is 10.6 Å². The quantitative estimate of drug-likeness (QED) is 0.434. The van der Waals surface area contributed by atoms with Gasteiger partial charge in [0.25, 0.3) is 5.69 Å². The molecule has 0 radical (unpaired) electrons. The highest BCUT2D eigenvalue weighted by molar-refractivity contribution is 6.31. The molecule has 0 heterocycles. The van der Waals surface area contributed by atoms with Crippen molar-refractivity contribution in [2.45, 2.75) is 26.3 Å². The summed E-state index contributed by atoms with van der Waals surface area (Å²) in [6.07, 6.45) is 1.27. The van der Waals surface area contributed by atoms with Gasteiger partial charge in [-0.25, -0.2) is 0 Å². The number of rotatable bonds is 8. The van der Waals surface area contributed by atoms with Gasteiger partial charge in [0.05, 0.1) is 4.92 Å². The SMILES string of the molecule is CCCNC(=O)CCNCc1cc([N+](=O)[O-])ccc1Cl.Cl. The Morgan fingerprint density at radius 2 is 2.10 bits per heavy atom. The summed E-state index contributed by atoms with van der Waals surface area (Å²) in [5.41, 5.74) is 0.654. The number of carbonyl (C=O) groups is 1. The zero-order valence-electron chi connectivity index (χ0n) is 11.7. The first kappa shape index (κ1) is 19.6. The van der Waals surface area contributed by atoms with Crippen molar-refractivity contribution in [3.05, 3.63) is 38.9 Å². The predicted molar refractivity (Wildman–Crippen MR) is 85.0 cm³/mol. The highest BCUT2D eigenvalue weighted by Gasteiger charge is 2.09. The van der Waals surface area contributed by atoms with Crippen LogP contribution < -0.4 is 10.6 Å². The van der Waals surface area contributed by atoms with Crippen molar-refractivity contribution in [1.29, 1.82) is 0 Å². The lowest BCUT2D eigenvalue weighted by atomic mass is 10.2. The van der Waals surface area contributed by atoms with Crippen molar-refractivity contribution >= 4 is 35.6 Å². The Morgan fingerprint density at radius 1 is 1.38 bits per heavy atom. The molecule has 0 aliphatic carbocycles. The van der Waals surface area contributed by atoms with Gasteiger partial charge < -0.3 is 10.6 Å². The molecule has 21 heavy (non-hydrogen) atoms. The molecule has 1 rings (SSSR count). The van der Waals surface area contributed by atoms with Crippen molar-refractivity contribution < 1.29 is 9.72 Å². The zero-order chi connectivity index (χ0) is 15.0. The number of nitro benzene ring substituents is 1. The van der Waals surface area contributed by atoms with Crippen LogP contribution in [0.4, 0.5) is 5.69 Å². The molecule has 8 heteroatoms. The van der Waals surface area contributed by atoms with Crippen molar-refractivity contribution in [2.24, 2.45) is 0 Å². The number of nitro groups is 1. The maximum atomic E-state index is 11.4. The Bertz CT molecular complexity index is 484. The van der Waals surface area contributed by atoms with Crippen LogP contribution in [0.3, 0.4) is 0 Å². The van der Waals surface area contributed by atoms with E-state index in [1.807, 2.05) is 6.92 Å². The third-order valence-corrected chi connectivity index (χ3v) is 3.03. The molecular weight excluding hydrogens is 317 g/mol. The van der Waals surface area contributed by atoms with E-state index in [-0.39, 0.29) is 24.0 Å². The van der Waals surface area contributed by atoms with Crippen LogP contribution in [-0.4, -0.2) is 23.9 Å². The summed E-state index contributed by atoms with van der Waals surface area (Å²) in [5.74, 6) is -0.00973. The second-order valence-corrected chi connectivity index (χ2v) is 4.72. The van der Waals surface area contributed by atoms with Gasteiger partial charge in [-0.15, -0.1) is 12.4 Å². The van der Waals surface area contributed by atoms with E-state index in [9.17, 15) is 14.9 Å². The molecule has 0 fully saturated rings. The van der Waals surface area contributed by atoms with Crippen molar-refractivity contribution in [3.8, 4) is 0 Å². The van der Waals surface area contributed by atoms with E-state index in [1.165, 1.54) is 18.2 Å². The van der Waals surface area contributed by atoms with E-state index in [2.05, 4.69) is 10.6 Å². The summed E-state index contributed by atoms with van der Waals surface area (Å²) in [7, 11) is 0. The Morgan fingerprint density at radius 3 is 2.71 bits per heavy atom. The van der Waals surface area contributed by atoms with Gasteiger partial charge >= 0.3 is 0 Å². The largest absolute Gasteiger partial charge is 0.356 e. The van der Waals surface area contributed by atoms with Gasteiger partial charge in [-0.05, 0) is 18.1 Å². The number of hydrogen-bond donors (Lipinski definition) is 2. The fraction of sp³-hybridized carbons (Fsp3) is 0.462. The van der Waals surface area contributed by atoms with Gasteiger partial charge in [0.2, 0.25) is 5.91 Å². The third-order valence-electron chi connectivity index (χ3n) is 2.66. The number of hydrogen-bond acceptors (Lipinski definition) is 4. The number of benzene rings is 1. The summed E-state index contributed by atoms with van der Waals surface area (Å²) >= 11 is 5.97. The molecule has 0 aromatic heterocycles. The van der Waals surface area contributed by atoms with Crippen LogP contribution >= 0.6 is 24.0 Å². The Hall–Kier alpha value is -1.37. The maximum Gasteiger partial charge on any atom is 0.269 e. The van der Waals surface area contributed by atoms with E-state index in [0.717, 1.165) is 6.42 Å². The molecule has 1 aromatic rings. The van der Waals surface area contributed by atoms with E-state index >= 15 is 0 Å². The number of non-ortho nitro benzene ring substituents is 1. The third kappa shape index (κ3) is 7.27. The van der Waals surface area contributed by atoms with Crippen LogP contribution in [-0.2, 0) is 11.3 Å². The monoisotopic (exact) mass is 335 g/mol. The fourth-order valence-corrected chi connectivity index (χ4v) is 1.77. The standard InChI is InChI=1S/C13H18ClN3O3.ClH/c1-2-6-16-13(18)5-7-15-9-10-8-11(17(19)20)3-4-12(10)14;/h3-4,8,15H,2,5-7,9H2,1H3,(H,16,18);1H. The van der Waals surface area contributed by atoms with Gasteiger partial charge in [-0.2, -0.15) is 0 Å². The van der Waals surface area contributed by atoms with Gasteiger partial charge in [0.1, 0.15) is 0 Å². The summed E-state index contributed by atoms with van der Waals surface area (Å²) in [4.78, 5) is 21.6. The smallest absolute Gasteiger partial charge is 0.269 e. The Labute approximate surface area is 134 Å². The summed E-state index contributed by atoms with van der Waals surface area (Å²) < 4.78 is 0. The highest BCUT2D eigenvalue weighted by Crippen LogP contribution is 2.21. The van der Waals surface area contributed by atoms with E-state index in [1.54, 1.807) is 0 Å². The first-order valence-electron chi connectivity index (χ1n) is 6.44. The summed E-state index contributed by atoms with van der Waals surface area (Å²) in [5, 5.41) is 17.0. The molecule has 2 N–H and O–H groups in total. The minimum atomic E-state index is -0.460. The van der Waals surface area contributed by atoms with Crippen LogP contribution in [0, 0.1) is 10.1 Å². The van der Waals surface area contributed by atoms with Crippen molar-refractivity contribution in [2.75, 3.05) is 13.1 Å². The lowest BCUT2D eigenvalue weighted by Gasteiger charge is -2.07. The maximum absolute atomic E-state index is 11.4. The second kappa shape index (κ2) is 10.4. The highest BCUT2D eigenvalue weighted by atomic mass is 35.5. The molecule has 0 saturated heterocycles. The minimum absolute atomic E-state index is 0. The van der Waals surface area contributed by atoms with Crippen LogP contribution in [0.2, 0.25) is 5.02 Å². The molecule has 6 nitrogen and oxygen atoms in total. The molecule has 0 aliphatic rings. The number of halogens is 2. The van der Waals surface area contributed by atoms with Crippen LogP contribution in [0.1, 0.15) is 25.3 Å². The first-order chi connectivity index (χ1) is 9.54. The van der Waals surface area contributed by atoms with E-state index < -0.39 is 4.92 Å². The number of nitrogens with zero attached hydrogens (tertiary/aromatic N) is 1. The van der Waals surface area contributed by atoms with Crippen LogP contribution in [0.5, 0.6) is 0 Å². The van der Waals surface area contributed by atoms with Crippen molar-refractivity contribution in [3.63, 3.8) is 0 Å². The molecule has 1 aromatic carbocycles. The fourth-order valence-electron chi connectivity index (χ4n) is 1.59. The molecule has 0 saturated carbocycles.